The van der Waals surface area contributed by atoms with Crippen molar-refractivity contribution in [2.24, 2.45) is 0 Å². The molecule has 3 atom stereocenters. The van der Waals surface area contributed by atoms with Gasteiger partial charge >= 0.3 is 0 Å². The number of hydrogen-bond acceptors (Lipinski definition) is 5. The van der Waals surface area contributed by atoms with E-state index in [0.717, 1.165) is 5.82 Å². The molecule has 1 aromatic heterocycles. The number of nitrogens with one attached hydrogen (secondary N) is 1. The Morgan fingerprint density at radius 1 is 1.58 bits per heavy atom. The smallest absolute Gasteiger partial charge is 0.128 e. The third kappa shape index (κ3) is 3.23. The molecule has 0 aromatic carbocycles. The molecule has 1 saturated heterocycles. The molecule has 5 nitrogen and oxygen atoms in total. The van der Waals surface area contributed by atoms with Gasteiger partial charge in [-0.3, -0.25) is 0 Å². The minimum Gasteiger partial charge on any atom is -0.394 e. The van der Waals surface area contributed by atoms with E-state index in [1.807, 2.05) is 19.3 Å². The lowest BCUT2D eigenvalue weighted by molar-refractivity contribution is -0.0105. The van der Waals surface area contributed by atoms with E-state index in [1.165, 1.54) is 5.56 Å². The van der Waals surface area contributed by atoms with Crippen LogP contribution in [-0.4, -0.2) is 49.0 Å². The summed E-state index contributed by atoms with van der Waals surface area (Å²) in [7, 11) is 1.94. The van der Waals surface area contributed by atoms with Crippen LogP contribution in [0.5, 0.6) is 0 Å². The predicted octanol–water partition coefficient (Wildman–Crippen LogP) is 0.948. The molecule has 0 bridgehead atoms. The molecule has 0 spiro atoms. The summed E-state index contributed by atoms with van der Waals surface area (Å²) in [5, 5.41) is 12.4. The molecule has 1 aliphatic heterocycles. The van der Waals surface area contributed by atoms with Crippen LogP contribution in [0.15, 0.2) is 18.3 Å². The van der Waals surface area contributed by atoms with Gasteiger partial charge in [0.15, 0.2) is 0 Å². The highest BCUT2D eigenvalue weighted by Gasteiger charge is 2.26. The molecule has 0 radical (unpaired) electrons. The number of pyridine rings is 1. The van der Waals surface area contributed by atoms with Crippen molar-refractivity contribution in [3.8, 4) is 0 Å². The van der Waals surface area contributed by atoms with Crippen LogP contribution in [0.3, 0.4) is 0 Å². The number of morpholine rings is 1. The summed E-state index contributed by atoms with van der Waals surface area (Å²) >= 11 is 0. The topological polar surface area (TPSA) is 57.6 Å². The fraction of sp³-hybridized carbons (Fsp3) is 0.643. The van der Waals surface area contributed by atoms with Crippen molar-refractivity contribution in [1.29, 1.82) is 0 Å². The first-order valence-electron chi connectivity index (χ1n) is 6.78. The highest BCUT2D eigenvalue weighted by Crippen LogP contribution is 2.21. The zero-order valence-corrected chi connectivity index (χ0v) is 11.8. The Bertz CT molecular complexity index is 396. The van der Waals surface area contributed by atoms with Crippen LogP contribution in [0, 0.1) is 0 Å². The molecule has 0 amide bonds. The van der Waals surface area contributed by atoms with E-state index < -0.39 is 0 Å². The molecule has 106 valence electrons. The van der Waals surface area contributed by atoms with Gasteiger partial charge < -0.3 is 20.1 Å². The van der Waals surface area contributed by atoms with Gasteiger partial charge in [0.1, 0.15) is 5.82 Å². The Kier molecular flexibility index (Phi) is 4.74. The van der Waals surface area contributed by atoms with E-state index in [1.54, 1.807) is 0 Å². The van der Waals surface area contributed by atoms with E-state index >= 15 is 0 Å². The standard InChI is InChI=1S/C14H23N3O2/c1-10-9-19-13(8-18)7-17(10)14-5-4-12(6-16-14)11(2)15-3/h4-6,10-11,13,15,18H,7-9H2,1-3H3. The number of rotatable bonds is 4. The Morgan fingerprint density at radius 2 is 2.37 bits per heavy atom. The molecule has 2 heterocycles. The first-order valence-corrected chi connectivity index (χ1v) is 6.78. The predicted molar refractivity (Wildman–Crippen MR) is 75.3 cm³/mol. The maximum Gasteiger partial charge on any atom is 0.128 e. The van der Waals surface area contributed by atoms with Crippen LogP contribution in [0.1, 0.15) is 25.5 Å². The highest BCUT2D eigenvalue weighted by molar-refractivity contribution is 5.41. The number of aliphatic hydroxyl groups is 1. The molecule has 2 N–H and O–H groups in total. The first-order chi connectivity index (χ1) is 9.15. The van der Waals surface area contributed by atoms with Crippen LogP contribution in [0.25, 0.3) is 0 Å². The van der Waals surface area contributed by atoms with Crippen molar-refractivity contribution in [3.05, 3.63) is 23.9 Å². The monoisotopic (exact) mass is 265 g/mol. The molecule has 0 aliphatic carbocycles. The van der Waals surface area contributed by atoms with Gasteiger partial charge in [-0.05, 0) is 32.5 Å². The van der Waals surface area contributed by atoms with Crippen molar-refractivity contribution in [2.75, 3.05) is 31.7 Å². The summed E-state index contributed by atoms with van der Waals surface area (Å²) in [5.74, 6) is 0.946. The zero-order valence-electron chi connectivity index (χ0n) is 11.8. The third-order valence-corrected chi connectivity index (χ3v) is 3.71. The number of ether oxygens (including phenoxy) is 1. The Labute approximate surface area is 114 Å². The van der Waals surface area contributed by atoms with E-state index in [2.05, 4.69) is 35.1 Å². The summed E-state index contributed by atoms with van der Waals surface area (Å²) in [6, 6.07) is 4.72. The molecular weight excluding hydrogens is 242 g/mol. The Hall–Kier alpha value is -1.17. The van der Waals surface area contributed by atoms with Crippen LogP contribution in [-0.2, 0) is 4.74 Å². The van der Waals surface area contributed by atoms with Gasteiger partial charge in [-0.15, -0.1) is 0 Å². The second-order valence-electron chi connectivity index (χ2n) is 5.10. The average Bonchev–Trinajstić information content (AvgIpc) is 2.47. The van der Waals surface area contributed by atoms with Gasteiger partial charge in [0.2, 0.25) is 0 Å². The number of aromatic nitrogens is 1. The van der Waals surface area contributed by atoms with E-state index in [9.17, 15) is 5.11 Å². The number of hydrogen-bond donors (Lipinski definition) is 2. The zero-order chi connectivity index (χ0) is 13.8. The van der Waals surface area contributed by atoms with Crippen LogP contribution in [0.4, 0.5) is 5.82 Å². The molecule has 3 unspecified atom stereocenters. The van der Waals surface area contributed by atoms with Crippen molar-refractivity contribution in [3.63, 3.8) is 0 Å². The highest BCUT2D eigenvalue weighted by atomic mass is 16.5. The molecule has 19 heavy (non-hydrogen) atoms. The van der Waals surface area contributed by atoms with Gasteiger partial charge in [0.25, 0.3) is 0 Å². The van der Waals surface area contributed by atoms with Gasteiger partial charge in [0.05, 0.1) is 25.4 Å². The van der Waals surface area contributed by atoms with Crippen molar-refractivity contribution >= 4 is 5.82 Å². The second-order valence-corrected chi connectivity index (χ2v) is 5.10. The largest absolute Gasteiger partial charge is 0.394 e. The van der Waals surface area contributed by atoms with E-state index in [0.29, 0.717) is 19.2 Å². The van der Waals surface area contributed by atoms with Gasteiger partial charge in [-0.25, -0.2) is 4.98 Å². The third-order valence-electron chi connectivity index (χ3n) is 3.71. The number of nitrogens with zero attached hydrogens (tertiary/aromatic N) is 2. The number of aliphatic hydroxyl groups excluding tert-OH is 1. The normalized spacial score (nSPS) is 25.4. The minimum atomic E-state index is -0.117. The Balaban J connectivity index is 2.11. The second kappa shape index (κ2) is 6.32. The lowest BCUT2D eigenvalue weighted by Crippen LogP contribution is -2.49. The molecular formula is C14H23N3O2. The first kappa shape index (κ1) is 14.2. The lowest BCUT2D eigenvalue weighted by atomic mass is 10.1. The summed E-state index contributed by atoms with van der Waals surface area (Å²) in [6.07, 6.45) is 1.79. The molecule has 2 rings (SSSR count). The van der Waals surface area contributed by atoms with Crippen LogP contribution >= 0.6 is 0 Å². The molecule has 0 saturated carbocycles. The van der Waals surface area contributed by atoms with E-state index in [-0.39, 0.29) is 18.8 Å². The fourth-order valence-electron chi connectivity index (χ4n) is 2.24. The van der Waals surface area contributed by atoms with Crippen LogP contribution in [0.2, 0.25) is 0 Å². The fourth-order valence-corrected chi connectivity index (χ4v) is 2.24. The Morgan fingerprint density at radius 3 is 2.95 bits per heavy atom. The molecule has 1 aliphatic rings. The molecule has 1 aromatic rings. The average molecular weight is 265 g/mol. The summed E-state index contributed by atoms with van der Waals surface area (Å²) in [6.45, 7) is 5.58. The maximum absolute atomic E-state index is 9.21. The molecule has 5 heteroatoms. The number of anilines is 1. The SMILES string of the molecule is CNC(C)c1ccc(N2CC(CO)OCC2C)nc1. The summed E-state index contributed by atoms with van der Waals surface area (Å²) in [5.41, 5.74) is 1.17. The van der Waals surface area contributed by atoms with Gasteiger partial charge in [-0.1, -0.05) is 6.07 Å². The summed E-state index contributed by atoms with van der Waals surface area (Å²) < 4.78 is 5.54. The molecule has 1 fully saturated rings. The minimum absolute atomic E-state index is 0.0537. The van der Waals surface area contributed by atoms with Gasteiger partial charge in [-0.2, -0.15) is 0 Å². The lowest BCUT2D eigenvalue weighted by Gasteiger charge is -2.38. The van der Waals surface area contributed by atoms with E-state index in [4.69, 9.17) is 4.74 Å². The van der Waals surface area contributed by atoms with Crippen molar-refractivity contribution < 1.29 is 9.84 Å². The van der Waals surface area contributed by atoms with Gasteiger partial charge in [0, 0.05) is 18.8 Å². The quantitative estimate of drug-likeness (QED) is 0.849. The van der Waals surface area contributed by atoms with Crippen molar-refractivity contribution in [1.82, 2.24) is 10.3 Å². The van der Waals surface area contributed by atoms with Crippen molar-refractivity contribution in [2.45, 2.75) is 32.0 Å². The van der Waals surface area contributed by atoms with Crippen LogP contribution < -0.4 is 10.2 Å². The maximum atomic E-state index is 9.21. The summed E-state index contributed by atoms with van der Waals surface area (Å²) in [4.78, 5) is 6.73.